The topological polar surface area (TPSA) is 300 Å². The maximum Gasteiger partial charge on any atom is 0.371 e. The van der Waals surface area contributed by atoms with Gasteiger partial charge in [0.1, 0.15) is 5.69 Å². The molecule has 0 saturated heterocycles. The van der Waals surface area contributed by atoms with Crippen LogP contribution in [-0.2, 0) is 9.59 Å². The fourth-order valence-corrected chi connectivity index (χ4v) is 11.5. The molecule has 22 nitrogen and oxygen atoms in total. The van der Waals surface area contributed by atoms with Gasteiger partial charge in [0.05, 0.1) is 60.9 Å². The number of carbonyl (C=O) groups is 6. The summed E-state index contributed by atoms with van der Waals surface area (Å²) in [4.78, 5) is 106. The summed E-state index contributed by atoms with van der Waals surface area (Å²) >= 11 is 0. The zero-order valence-corrected chi connectivity index (χ0v) is 62.8. The fraction of sp³-hybridized carbons (Fsp3) is 0.0860. The van der Waals surface area contributed by atoms with Gasteiger partial charge >= 0.3 is 5.97 Å². The summed E-state index contributed by atoms with van der Waals surface area (Å²) in [7, 11) is 0. The van der Waals surface area contributed by atoms with Crippen LogP contribution in [0.25, 0.3) is 38.2 Å². The summed E-state index contributed by atoms with van der Waals surface area (Å²) in [6.07, 6.45) is 18.3. The highest BCUT2D eigenvalue weighted by molar-refractivity contribution is 6.10. The van der Waals surface area contributed by atoms with E-state index in [2.05, 4.69) is 61.9 Å². The molecule has 2 unspecified atom stereocenters. The van der Waals surface area contributed by atoms with E-state index in [0.29, 0.717) is 34.7 Å². The van der Waals surface area contributed by atoms with Crippen molar-refractivity contribution in [2.45, 2.75) is 51.0 Å². The van der Waals surface area contributed by atoms with Crippen molar-refractivity contribution in [2.24, 2.45) is 0 Å². The molecule has 115 heavy (non-hydrogen) atoms. The number of amides is 4. The molecule has 5 atom stereocenters. The standard InChI is InChI=1S/2C31H26N4O3.C12H11N.C9H9N.C5H4N2O.C5H4O3/c2*1-22(23-9-4-2-5-10-23)34-30(36)29(27-21-32-18-19-33-27)35(31(37)28-13-8-20-38-28)26-16-14-25(15-17-26)24-11-6-3-7-12-24;13-12-8-6-11(7-9-12)10-4-2-1-3-5-10;1-8(10-2)9-6-4-3-5-7-9;8-4-5-3-6-1-2-7-5;6-5(7)4-2-1-3-8-4/h2*2-22,29H,1H3,(H,34,36);1-9H,13H2;3-8H,1H3;1-4H;1-3H,(H,6,7)/t2*22-,29?;;8-;;/m00.0../s1. The minimum atomic E-state index is -1.10. The summed E-state index contributed by atoms with van der Waals surface area (Å²) in [6, 6.07) is 88.6. The third-order valence-electron chi connectivity index (χ3n) is 17.4. The molecule has 0 spiro atoms. The Balaban J connectivity index is 0.000000166. The van der Waals surface area contributed by atoms with Gasteiger partial charge in [0, 0.05) is 66.7 Å². The maximum atomic E-state index is 13.9. The van der Waals surface area contributed by atoms with Crippen molar-refractivity contribution in [3.63, 3.8) is 0 Å². The summed E-state index contributed by atoms with van der Waals surface area (Å²) in [5, 5.41) is 14.3. The average Bonchev–Trinajstić information content (AvgIpc) is 1.79. The summed E-state index contributed by atoms with van der Waals surface area (Å²) in [5.74, 6) is -2.58. The normalized spacial score (nSPS) is 11.5. The van der Waals surface area contributed by atoms with Gasteiger partial charge in [0.25, 0.3) is 11.8 Å². The van der Waals surface area contributed by atoms with E-state index in [1.807, 2.05) is 263 Å². The molecule has 15 rings (SSSR count). The van der Waals surface area contributed by atoms with Crippen LogP contribution in [0.4, 0.5) is 17.1 Å². The number of nitrogens with two attached hydrogens (primary N) is 1. The van der Waals surface area contributed by atoms with E-state index >= 15 is 0 Å². The number of nitrogens with one attached hydrogen (secondary N) is 2. The van der Waals surface area contributed by atoms with Gasteiger partial charge in [-0.2, -0.15) is 0 Å². The van der Waals surface area contributed by atoms with Crippen molar-refractivity contribution in [1.82, 2.24) is 40.5 Å². The van der Waals surface area contributed by atoms with Crippen LogP contribution in [0.3, 0.4) is 0 Å². The quantitative estimate of drug-likeness (QED) is 0.0313. The first-order valence-electron chi connectivity index (χ1n) is 36.3. The molecule has 15 aromatic rings. The number of hydrogen-bond acceptors (Lipinski definition) is 16. The number of nitrogens with zero attached hydrogens (tertiary/aromatic N) is 9. The van der Waals surface area contributed by atoms with Crippen LogP contribution < -0.4 is 26.2 Å². The third kappa shape index (κ3) is 23.9. The van der Waals surface area contributed by atoms with Crippen LogP contribution in [0.2, 0.25) is 0 Å². The third-order valence-corrected chi connectivity index (χ3v) is 17.4. The number of benzene rings is 9. The van der Waals surface area contributed by atoms with Gasteiger partial charge in [-0.25, -0.2) is 11.4 Å². The number of hydrogen-bond donors (Lipinski definition) is 4. The predicted molar refractivity (Wildman–Crippen MR) is 441 cm³/mol. The minimum Gasteiger partial charge on any atom is -0.475 e. The highest BCUT2D eigenvalue weighted by atomic mass is 16.4. The van der Waals surface area contributed by atoms with Crippen molar-refractivity contribution in [3.8, 4) is 33.4 Å². The van der Waals surface area contributed by atoms with E-state index in [4.69, 9.17) is 26.2 Å². The van der Waals surface area contributed by atoms with E-state index in [-0.39, 0.29) is 35.4 Å². The van der Waals surface area contributed by atoms with Crippen LogP contribution in [0.5, 0.6) is 0 Å². The van der Waals surface area contributed by atoms with E-state index in [1.165, 1.54) is 108 Å². The Morgan fingerprint density at radius 3 is 1.01 bits per heavy atom. The number of aromatic carboxylic acids is 1. The molecule has 0 aliphatic carbocycles. The first-order chi connectivity index (χ1) is 56.2. The molecular weight excluding hydrogens is 1450 g/mol. The second-order valence-electron chi connectivity index (χ2n) is 25.2. The lowest BCUT2D eigenvalue weighted by atomic mass is 10.0. The average molecular weight is 1530 g/mol. The van der Waals surface area contributed by atoms with Gasteiger partial charge in [-0.15, -0.1) is 0 Å². The Morgan fingerprint density at radius 1 is 0.400 bits per heavy atom. The van der Waals surface area contributed by atoms with Crippen LogP contribution in [0.1, 0.15) is 121 Å². The maximum absolute atomic E-state index is 13.9. The highest BCUT2D eigenvalue weighted by Crippen LogP contribution is 2.35. The van der Waals surface area contributed by atoms with E-state index in [1.54, 1.807) is 24.3 Å². The van der Waals surface area contributed by atoms with Crippen molar-refractivity contribution in [3.05, 3.63) is 428 Å². The molecule has 0 fully saturated rings. The van der Waals surface area contributed by atoms with Gasteiger partial charge in [-0.3, -0.25) is 63.7 Å². The highest BCUT2D eigenvalue weighted by Gasteiger charge is 2.38. The number of carbonyl (C=O) groups excluding carboxylic acids is 5. The second-order valence-corrected chi connectivity index (χ2v) is 25.2. The number of rotatable bonds is 20. The molecule has 22 heteroatoms. The predicted octanol–water partition coefficient (Wildman–Crippen LogP) is 18.9. The Morgan fingerprint density at radius 2 is 0.722 bits per heavy atom. The summed E-state index contributed by atoms with van der Waals surface area (Å²) in [5.41, 5.74) is 17.9. The first-order valence-corrected chi connectivity index (χ1v) is 36.3. The molecule has 6 aromatic heterocycles. The van der Waals surface area contributed by atoms with Crippen molar-refractivity contribution in [2.75, 3.05) is 15.5 Å². The SMILES string of the molecule is C[C@H](NC(=O)C(c1cnccn1)N(C(=O)c1ccco1)c1ccc(-c2ccccc2)cc1)c1ccccc1.C[C@H](NC(=O)C(c1cnccn1)N(C(=O)c1ccco1)c1ccc(-c2ccccc2)cc1)c1ccccc1.Nc1ccc(-c2ccccc2)cc1.O=C(O)c1ccco1.O=Cc1cnccn1.[C-]#[N+][C@@H](C)c1ccccc1. The van der Waals surface area contributed by atoms with E-state index in [9.17, 15) is 28.8 Å². The molecule has 0 aliphatic rings. The molecule has 9 aromatic carbocycles. The van der Waals surface area contributed by atoms with Gasteiger partial charge in [0.2, 0.25) is 23.6 Å². The number of aldehydes is 1. The van der Waals surface area contributed by atoms with Crippen LogP contribution in [-0.4, -0.2) is 70.9 Å². The van der Waals surface area contributed by atoms with Crippen molar-refractivity contribution in [1.29, 1.82) is 0 Å². The van der Waals surface area contributed by atoms with Crippen molar-refractivity contribution >= 4 is 52.9 Å². The summed E-state index contributed by atoms with van der Waals surface area (Å²) < 4.78 is 15.4. The molecular formula is C93H80N12O10. The molecule has 0 bridgehead atoms. The first kappa shape index (κ1) is 81.9. The fourth-order valence-electron chi connectivity index (χ4n) is 11.5. The number of aromatic nitrogens is 6. The Kier molecular flexibility index (Phi) is 30.6. The largest absolute Gasteiger partial charge is 0.475 e. The van der Waals surface area contributed by atoms with Crippen LogP contribution >= 0.6 is 0 Å². The van der Waals surface area contributed by atoms with Gasteiger partial charge < -0.3 is 39.6 Å². The van der Waals surface area contributed by atoms with Crippen molar-refractivity contribution < 1.29 is 47.1 Å². The number of nitrogen functional groups attached to an aromatic ring is 1. The Hall–Kier alpha value is -15.6. The van der Waals surface area contributed by atoms with Crippen LogP contribution in [0, 0.1) is 6.57 Å². The number of furan rings is 3. The number of carboxylic acids is 1. The lowest BCUT2D eigenvalue weighted by Gasteiger charge is -2.31. The summed E-state index contributed by atoms with van der Waals surface area (Å²) in [6.45, 7) is 12.5. The zero-order chi connectivity index (χ0) is 80.9. The smallest absolute Gasteiger partial charge is 0.371 e. The second kappa shape index (κ2) is 42.9. The minimum absolute atomic E-state index is 0.00111. The molecule has 0 aliphatic heterocycles. The number of carboxylic acid groups (broad SMARTS) is 1. The lowest BCUT2D eigenvalue weighted by Crippen LogP contribution is -2.45. The molecule has 6 heterocycles. The molecule has 4 amide bonds. The molecule has 5 N–H and O–H groups in total. The van der Waals surface area contributed by atoms with Gasteiger partial charge in [-0.05, 0) is 131 Å². The molecule has 0 radical (unpaired) electrons. The Bertz CT molecular complexity index is 5210. The van der Waals surface area contributed by atoms with E-state index in [0.717, 1.165) is 44.6 Å². The van der Waals surface area contributed by atoms with E-state index < -0.39 is 41.7 Å². The molecule has 572 valence electrons. The zero-order valence-electron chi connectivity index (χ0n) is 62.8. The van der Waals surface area contributed by atoms with Gasteiger partial charge in [-0.1, -0.05) is 218 Å². The van der Waals surface area contributed by atoms with Crippen LogP contribution in [0.15, 0.2) is 379 Å². The number of anilines is 3. The Labute approximate surface area is 665 Å². The monoisotopic (exact) mass is 1520 g/mol. The lowest BCUT2D eigenvalue weighted by molar-refractivity contribution is -0.124. The molecule has 0 saturated carbocycles. The van der Waals surface area contributed by atoms with Gasteiger partial charge in [0.15, 0.2) is 29.9 Å².